The third-order valence-corrected chi connectivity index (χ3v) is 4.28. The molecule has 0 heterocycles. The lowest BCUT2D eigenvalue weighted by molar-refractivity contribution is 0.307. The van der Waals surface area contributed by atoms with Crippen LogP contribution in [0, 0.1) is 0 Å². The first kappa shape index (κ1) is 16.3. The van der Waals surface area contributed by atoms with Crippen LogP contribution in [0.3, 0.4) is 0 Å². The molecule has 0 aromatic carbocycles. The Morgan fingerprint density at radius 3 is 1.58 bits per heavy atom. The Morgan fingerprint density at radius 2 is 1.21 bits per heavy atom. The molecule has 0 atom stereocenters. The zero-order valence-electron chi connectivity index (χ0n) is 12.9. The largest absolute Gasteiger partial charge is 0.352 e. The summed E-state index contributed by atoms with van der Waals surface area (Å²) in [7, 11) is 0. The maximum absolute atomic E-state index is 3.97. The molecule has 1 aliphatic rings. The lowest BCUT2D eigenvalue weighted by atomic mass is 10.0. The van der Waals surface area contributed by atoms with Crippen LogP contribution in [0.5, 0.6) is 0 Å². The average molecular weight is 263 g/mol. The second-order valence-electron chi connectivity index (χ2n) is 5.88. The van der Waals surface area contributed by atoms with E-state index in [-0.39, 0.29) is 0 Å². The van der Waals surface area contributed by atoms with Crippen LogP contribution >= 0.6 is 0 Å². The van der Waals surface area contributed by atoms with Crippen molar-refractivity contribution in [3.05, 3.63) is 25.1 Å². The second-order valence-corrected chi connectivity index (χ2v) is 5.88. The average Bonchev–Trinajstić information content (AvgIpc) is 2.45. The van der Waals surface area contributed by atoms with Crippen molar-refractivity contribution in [3.63, 3.8) is 0 Å². The molecule has 1 rings (SSSR count). The highest BCUT2D eigenvalue weighted by Gasteiger charge is 2.12. The van der Waals surface area contributed by atoms with Crippen molar-refractivity contribution in [2.75, 3.05) is 0 Å². The molecule has 110 valence electrons. The monoisotopic (exact) mass is 263 g/mol. The first-order valence-corrected chi connectivity index (χ1v) is 8.41. The molecule has 0 unspecified atom stereocenters. The fourth-order valence-electron chi connectivity index (χ4n) is 3.12. The van der Waals surface area contributed by atoms with E-state index in [1.54, 1.807) is 0 Å². The minimum Gasteiger partial charge on any atom is -0.352 e. The Hall–Kier alpha value is -0.720. The van der Waals surface area contributed by atoms with Crippen molar-refractivity contribution in [3.8, 4) is 0 Å². The van der Waals surface area contributed by atoms with Gasteiger partial charge in [0.1, 0.15) is 0 Å². The van der Waals surface area contributed by atoms with Crippen LogP contribution < -0.4 is 0 Å². The standard InChI is InChI=1S/C18H33N/c1-3-17-19(4-2)18-15-13-11-9-7-5-6-8-10-12-14-16-18/h3-4,17-18H,2,5-16H2,1H3/b17-3-. The topological polar surface area (TPSA) is 3.24 Å². The molecule has 1 aliphatic carbocycles. The summed E-state index contributed by atoms with van der Waals surface area (Å²) in [6, 6.07) is 0.675. The summed E-state index contributed by atoms with van der Waals surface area (Å²) in [6.07, 6.45) is 23.3. The van der Waals surface area contributed by atoms with Gasteiger partial charge in [-0.05, 0) is 32.2 Å². The van der Waals surface area contributed by atoms with Gasteiger partial charge in [-0.2, -0.15) is 0 Å². The van der Waals surface area contributed by atoms with E-state index >= 15 is 0 Å². The van der Waals surface area contributed by atoms with E-state index in [0.29, 0.717) is 6.04 Å². The Morgan fingerprint density at radius 1 is 0.789 bits per heavy atom. The third kappa shape index (κ3) is 7.44. The van der Waals surface area contributed by atoms with Gasteiger partial charge in [-0.1, -0.05) is 76.9 Å². The SMILES string of the molecule is C=CN(/C=C\C)C1CCCCCCCCCCCC1. The molecule has 0 amide bonds. The first-order valence-electron chi connectivity index (χ1n) is 8.41. The van der Waals surface area contributed by atoms with E-state index in [2.05, 4.69) is 30.7 Å². The predicted molar refractivity (Wildman–Crippen MR) is 86.0 cm³/mol. The maximum atomic E-state index is 3.97. The summed E-state index contributed by atoms with van der Waals surface area (Å²) < 4.78 is 0. The lowest BCUT2D eigenvalue weighted by Gasteiger charge is -2.27. The van der Waals surface area contributed by atoms with Gasteiger partial charge < -0.3 is 4.90 Å². The summed E-state index contributed by atoms with van der Waals surface area (Å²) in [5.41, 5.74) is 0. The molecule has 0 aliphatic heterocycles. The van der Waals surface area contributed by atoms with Crippen LogP contribution in [-0.4, -0.2) is 10.9 Å². The predicted octanol–water partition coefficient (Wildman–Crippen LogP) is 6.03. The first-order chi connectivity index (χ1) is 9.38. The molecule has 1 saturated carbocycles. The minimum absolute atomic E-state index is 0.675. The van der Waals surface area contributed by atoms with Crippen LogP contribution in [0.2, 0.25) is 0 Å². The third-order valence-electron chi connectivity index (χ3n) is 4.28. The van der Waals surface area contributed by atoms with Crippen LogP contribution in [0.25, 0.3) is 0 Å². The highest BCUT2D eigenvalue weighted by atomic mass is 15.1. The van der Waals surface area contributed by atoms with Crippen molar-refractivity contribution >= 4 is 0 Å². The van der Waals surface area contributed by atoms with E-state index in [0.717, 1.165) is 0 Å². The van der Waals surface area contributed by atoms with Crippen molar-refractivity contribution in [1.82, 2.24) is 4.90 Å². The van der Waals surface area contributed by atoms with Gasteiger partial charge in [0.25, 0.3) is 0 Å². The summed E-state index contributed by atoms with van der Waals surface area (Å²) in [5, 5.41) is 0. The van der Waals surface area contributed by atoms with Gasteiger partial charge in [-0.3, -0.25) is 0 Å². The Kier molecular flexibility index (Phi) is 9.57. The van der Waals surface area contributed by atoms with E-state index in [9.17, 15) is 0 Å². The molecule has 0 bridgehead atoms. The van der Waals surface area contributed by atoms with Crippen molar-refractivity contribution < 1.29 is 0 Å². The van der Waals surface area contributed by atoms with Crippen molar-refractivity contribution in [2.24, 2.45) is 0 Å². The molecular formula is C18H33N. The van der Waals surface area contributed by atoms with Crippen LogP contribution in [0.1, 0.15) is 84.0 Å². The summed E-state index contributed by atoms with van der Waals surface area (Å²) in [5.74, 6) is 0. The van der Waals surface area contributed by atoms with Gasteiger partial charge in [-0.25, -0.2) is 0 Å². The number of allylic oxidation sites excluding steroid dienone is 1. The fraction of sp³-hybridized carbons (Fsp3) is 0.778. The highest BCUT2D eigenvalue weighted by molar-refractivity contribution is 4.90. The van der Waals surface area contributed by atoms with Crippen molar-refractivity contribution in [2.45, 2.75) is 90.0 Å². The van der Waals surface area contributed by atoms with Gasteiger partial charge in [-0.15, -0.1) is 0 Å². The Labute approximate surface area is 120 Å². The fourth-order valence-corrected chi connectivity index (χ4v) is 3.12. The van der Waals surface area contributed by atoms with Crippen LogP contribution in [-0.2, 0) is 0 Å². The molecule has 0 aromatic heterocycles. The van der Waals surface area contributed by atoms with Gasteiger partial charge >= 0.3 is 0 Å². The molecule has 1 heteroatoms. The zero-order chi connectivity index (χ0) is 13.8. The van der Waals surface area contributed by atoms with Gasteiger partial charge in [0.2, 0.25) is 0 Å². The summed E-state index contributed by atoms with van der Waals surface area (Å²) in [6.45, 7) is 6.07. The van der Waals surface area contributed by atoms with Gasteiger partial charge in [0.15, 0.2) is 0 Å². The molecular weight excluding hydrogens is 230 g/mol. The molecule has 0 radical (unpaired) electrons. The Balaban J connectivity index is 2.46. The van der Waals surface area contributed by atoms with E-state index in [1.807, 2.05) is 6.20 Å². The summed E-state index contributed by atoms with van der Waals surface area (Å²) in [4.78, 5) is 2.33. The van der Waals surface area contributed by atoms with Crippen LogP contribution in [0.4, 0.5) is 0 Å². The van der Waals surface area contributed by atoms with Gasteiger partial charge in [0.05, 0.1) is 0 Å². The minimum atomic E-state index is 0.675. The molecule has 0 saturated heterocycles. The van der Waals surface area contributed by atoms with E-state index < -0.39 is 0 Å². The number of hydrogen-bond donors (Lipinski definition) is 0. The lowest BCUT2D eigenvalue weighted by Crippen LogP contribution is -2.26. The number of nitrogens with zero attached hydrogens (tertiary/aromatic N) is 1. The molecule has 0 spiro atoms. The van der Waals surface area contributed by atoms with Crippen molar-refractivity contribution in [1.29, 1.82) is 0 Å². The highest BCUT2D eigenvalue weighted by Crippen LogP contribution is 2.20. The molecule has 0 N–H and O–H groups in total. The molecule has 1 fully saturated rings. The van der Waals surface area contributed by atoms with E-state index in [4.69, 9.17) is 0 Å². The smallest absolute Gasteiger partial charge is 0.0330 e. The number of hydrogen-bond acceptors (Lipinski definition) is 1. The summed E-state index contributed by atoms with van der Waals surface area (Å²) >= 11 is 0. The maximum Gasteiger partial charge on any atom is 0.0330 e. The van der Waals surface area contributed by atoms with Crippen LogP contribution in [0.15, 0.2) is 25.1 Å². The van der Waals surface area contributed by atoms with E-state index in [1.165, 1.54) is 77.0 Å². The zero-order valence-corrected chi connectivity index (χ0v) is 12.9. The quantitative estimate of drug-likeness (QED) is 0.601. The molecule has 0 aromatic rings. The van der Waals surface area contributed by atoms with Gasteiger partial charge in [0, 0.05) is 6.04 Å². The number of rotatable bonds is 3. The molecule has 19 heavy (non-hydrogen) atoms. The molecule has 1 nitrogen and oxygen atoms in total. The normalized spacial score (nSPS) is 21.3. The second kappa shape index (κ2) is 11.1. The Bertz CT molecular complexity index is 230.